The molecule has 0 saturated heterocycles. The second-order valence-electron chi connectivity index (χ2n) is 3.93. The quantitative estimate of drug-likeness (QED) is 0.878. The summed E-state index contributed by atoms with van der Waals surface area (Å²) in [6.07, 6.45) is 0. The third kappa shape index (κ3) is 3.07. The maximum Gasteiger partial charge on any atom is 0.146 e. The number of nitrogens with one attached hydrogen (secondary N) is 1. The van der Waals surface area contributed by atoms with Gasteiger partial charge in [0.2, 0.25) is 0 Å². The number of halogens is 2. The highest BCUT2D eigenvalue weighted by Gasteiger charge is 2.03. The lowest BCUT2D eigenvalue weighted by Gasteiger charge is -2.09. The Kier molecular flexibility index (Phi) is 3.79. The molecule has 0 aliphatic carbocycles. The van der Waals surface area contributed by atoms with Gasteiger partial charge in [0.1, 0.15) is 5.82 Å². The zero-order valence-corrected chi connectivity index (χ0v) is 11.1. The van der Waals surface area contributed by atoms with Gasteiger partial charge in [-0.15, -0.1) is 0 Å². The highest BCUT2D eigenvalue weighted by atomic mass is 79.9. The maximum atomic E-state index is 13.6. The minimum atomic E-state index is -0.211. The Bertz CT molecular complexity index is 525. The largest absolute Gasteiger partial charge is 0.379 e. The number of benzene rings is 2. The third-order valence-corrected chi connectivity index (χ3v) is 3.33. The van der Waals surface area contributed by atoms with Gasteiger partial charge < -0.3 is 5.32 Å². The lowest BCUT2D eigenvalue weighted by atomic mass is 10.2. The molecule has 1 N–H and O–H groups in total. The average Bonchev–Trinajstić information content (AvgIpc) is 2.30. The van der Waals surface area contributed by atoms with Crippen LogP contribution in [-0.4, -0.2) is 0 Å². The monoisotopic (exact) mass is 293 g/mol. The zero-order chi connectivity index (χ0) is 12.3. The van der Waals surface area contributed by atoms with Crippen LogP contribution in [0, 0.1) is 12.7 Å². The minimum absolute atomic E-state index is 0.211. The molecule has 0 aliphatic heterocycles. The van der Waals surface area contributed by atoms with Gasteiger partial charge in [0.25, 0.3) is 0 Å². The van der Waals surface area contributed by atoms with Crippen molar-refractivity contribution in [2.45, 2.75) is 13.5 Å². The fraction of sp³-hybridized carbons (Fsp3) is 0.143. The van der Waals surface area contributed by atoms with E-state index in [9.17, 15) is 4.39 Å². The van der Waals surface area contributed by atoms with Crippen LogP contribution in [0.5, 0.6) is 0 Å². The van der Waals surface area contributed by atoms with Crippen molar-refractivity contribution in [3.05, 3.63) is 63.9 Å². The summed E-state index contributed by atoms with van der Waals surface area (Å²) in [4.78, 5) is 0. The molecule has 0 aromatic heterocycles. The molecule has 0 unspecified atom stereocenters. The molecular weight excluding hydrogens is 281 g/mol. The van der Waals surface area contributed by atoms with E-state index in [4.69, 9.17) is 0 Å². The lowest BCUT2D eigenvalue weighted by molar-refractivity contribution is 0.629. The molecule has 2 aromatic rings. The summed E-state index contributed by atoms with van der Waals surface area (Å²) >= 11 is 3.47. The molecule has 0 aliphatic rings. The number of rotatable bonds is 3. The van der Waals surface area contributed by atoms with Crippen LogP contribution in [0.2, 0.25) is 0 Å². The van der Waals surface area contributed by atoms with Crippen LogP contribution < -0.4 is 5.32 Å². The van der Waals surface area contributed by atoms with Crippen molar-refractivity contribution in [2.75, 3.05) is 5.32 Å². The highest BCUT2D eigenvalue weighted by Crippen LogP contribution is 2.19. The van der Waals surface area contributed by atoms with Gasteiger partial charge in [0, 0.05) is 11.0 Å². The molecule has 88 valence electrons. The van der Waals surface area contributed by atoms with Crippen molar-refractivity contribution in [1.82, 2.24) is 0 Å². The number of hydrogen-bond acceptors (Lipinski definition) is 1. The van der Waals surface area contributed by atoms with E-state index in [0.717, 1.165) is 15.6 Å². The van der Waals surface area contributed by atoms with Crippen molar-refractivity contribution >= 4 is 21.6 Å². The Morgan fingerprint density at radius 1 is 1.18 bits per heavy atom. The minimum Gasteiger partial charge on any atom is -0.379 e. The van der Waals surface area contributed by atoms with Crippen LogP contribution in [-0.2, 0) is 6.54 Å². The predicted octanol–water partition coefficient (Wildman–Crippen LogP) is 4.51. The van der Waals surface area contributed by atoms with Gasteiger partial charge in [0.15, 0.2) is 0 Å². The molecule has 1 nitrogen and oxygen atoms in total. The summed E-state index contributed by atoms with van der Waals surface area (Å²) in [7, 11) is 0. The molecule has 0 saturated carbocycles. The fourth-order valence-corrected chi connectivity index (χ4v) is 2.02. The summed E-state index contributed by atoms with van der Waals surface area (Å²) < 4.78 is 14.6. The Labute approximate surface area is 109 Å². The third-order valence-electron chi connectivity index (χ3n) is 2.55. The SMILES string of the molecule is Cc1ccc(NCc2ccccc2Br)c(F)c1. The first kappa shape index (κ1) is 12.1. The van der Waals surface area contributed by atoms with Gasteiger partial charge in [0.05, 0.1) is 5.69 Å². The summed E-state index contributed by atoms with van der Waals surface area (Å²) in [5.74, 6) is -0.211. The second-order valence-corrected chi connectivity index (χ2v) is 4.78. The van der Waals surface area contributed by atoms with Crippen LogP contribution in [0.25, 0.3) is 0 Å². The van der Waals surface area contributed by atoms with Crippen LogP contribution in [0.3, 0.4) is 0 Å². The molecule has 3 heteroatoms. The highest BCUT2D eigenvalue weighted by molar-refractivity contribution is 9.10. The average molecular weight is 294 g/mol. The Morgan fingerprint density at radius 3 is 2.65 bits per heavy atom. The molecular formula is C14H13BrFN. The summed E-state index contributed by atoms with van der Waals surface area (Å²) in [5, 5.41) is 3.09. The van der Waals surface area contributed by atoms with Crippen molar-refractivity contribution in [3.63, 3.8) is 0 Å². The summed E-state index contributed by atoms with van der Waals surface area (Å²) in [5.41, 5.74) is 2.56. The van der Waals surface area contributed by atoms with E-state index in [2.05, 4.69) is 21.2 Å². The van der Waals surface area contributed by atoms with Gasteiger partial charge in [-0.2, -0.15) is 0 Å². The molecule has 0 amide bonds. The van der Waals surface area contributed by atoms with E-state index in [1.807, 2.05) is 37.3 Å². The Balaban J connectivity index is 2.10. The smallest absolute Gasteiger partial charge is 0.146 e. The maximum absolute atomic E-state index is 13.6. The molecule has 0 fully saturated rings. The molecule has 0 radical (unpaired) electrons. The van der Waals surface area contributed by atoms with Crippen LogP contribution in [0.4, 0.5) is 10.1 Å². The van der Waals surface area contributed by atoms with Crippen molar-refractivity contribution in [2.24, 2.45) is 0 Å². The second kappa shape index (κ2) is 5.32. The normalized spacial score (nSPS) is 10.3. The first-order chi connectivity index (χ1) is 8.16. The van der Waals surface area contributed by atoms with E-state index >= 15 is 0 Å². The van der Waals surface area contributed by atoms with E-state index in [-0.39, 0.29) is 5.82 Å². The predicted molar refractivity (Wildman–Crippen MR) is 72.6 cm³/mol. The zero-order valence-electron chi connectivity index (χ0n) is 9.50. The fourth-order valence-electron chi connectivity index (χ4n) is 1.60. The lowest BCUT2D eigenvalue weighted by Crippen LogP contribution is -2.02. The van der Waals surface area contributed by atoms with E-state index < -0.39 is 0 Å². The van der Waals surface area contributed by atoms with Crippen molar-refractivity contribution in [1.29, 1.82) is 0 Å². The summed E-state index contributed by atoms with van der Waals surface area (Å²) in [6, 6.07) is 13.1. The topological polar surface area (TPSA) is 12.0 Å². The van der Waals surface area contributed by atoms with Crippen LogP contribution >= 0.6 is 15.9 Å². The van der Waals surface area contributed by atoms with Crippen LogP contribution in [0.15, 0.2) is 46.9 Å². The number of anilines is 1. The first-order valence-corrected chi connectivity index (χ1v) is 6.19. The molecule has 17 heavy (non-hydrogen) atoms. The molecule has 2 rings (SSSR count). The number of hydrogen-bond donors (Lipinski definition) is 1. The van der Waals surface area contributed by atoms with Gasteiger partial charge in [-0.1, -0.05) is 40.2 Å². The van der Waals surface area contributed by atoms with Crippen LogP contribution in [0.1, 0.15) is 11.1 Å². The van der Waals surface area contributed by atoms with Crippen molar-refractivity contribution in [3.8, 4) is 0 Å². The summed E-state index contributed by atoms with van der Waals surface area (Å²) in [6.45, 7) is 2.47. The van der Waals surface area contributed by atoms with E-state index in [1.165, 1.54) is 6.07 Å². The molecule has 0 bridgehead atoms. The molecule has 0 heterocycles. The van der Waals surface area contributed by atoms with Gasteiger partial charge >= 0.3 is 0 Å². The van der Waals surface area contributed by atoms with Gasteiger partial charge in [-0.3, -0.25) is 0 Å². The first-order valence-electron chi connectivity index (χ1n) is 5.40. The van der Waals surface area contributed by atoms with E-state index in [1.54, 1.807) is 6.07 Å². The molecule has 2 aromatic carbocycles. The van der Waals surface area contributed by atoms with Crippen molar-refractivity contribution < 1.29 is 4.39 Å². The van der Waals surface area contributed by atoms with Gasteiger partial charge in [-0.25, -0.2) is 4.39 Å². The Morgan fingerprint density at radius 2 is 1.94 bits per heavy atom. The Hall–Kier alpha value is -1.35. The molecule has 0 spiro atoms. The number of aryl methyl sites for hydroxylation is 1. The standard InChI is InChI=1S/C14H13BrFN/c1-10-6-7-14(13(16)8-10)17-9-11-4-2-3-5-12(11)15/h2-8,17H,9H2,1H3. The van der Waals surface area contributed by atoms with E-state index in [0.29, 0.717) is 12.2 Å². The molecule has 0 atom stereocenters. The van der Waals surface area contributed by atoms with Gasteiger partial charge in [-0.05, 0) is 36.2 Å².